The first-order valence-electron chi connectivity index (χ1n) is 8.18. The molecule has 2 atom stereocenters. The van der Waals surface area contributed by atoms with Crippen LogP contribution in [0, 0.1) is 5.92 Å². The number of nitrogens with one attached hydrogen (secondary N) is 2. The number of ether oxygens (including phenoxy) is 1. The highest BCUT2D eigenvalue weighted by Gasteiger charge is 2.38. The Morgan fingerprint density at radius 3 is 2.36 bits per heavy atom. The molecule has 2 amide bonds. The van der Waals surface area contributed by atoms with E-state index >= 15 is 0 Å². The molecule has 1 aliphatic heterocycles. The Hall–Kier alpha value is -3.08. The molecule has 1 saturated heterocycles. The minimum atomic E-state index is -0.666. The van der Waals surface area contributed by atoms with Crippen LogP contribution in [0.25, 0.3) is 11.1 Å². The van der Waals surface area contributed by atoms with Gasteiger partial charge in [-0.25, -0.2) is 4.79 Å². The second kappa shape index (κ2) is 7.21. The standard InChI is InChI=1S/C20H20N2O3/c1-3-25-19(23)17-13(2)21-20(24)22-18(17)16-11-9-15(10-12-16)14-7-5-4-6-8-14/h4-12,17-18H,2-3H2,1H3,(H2,21,22,24)/t17-,18+/m0/s1. The van der Waals surface area contributed by atoms with Gasteiger partial charge in [-0.15, -0.1) is 0 Å². The molecular weight excluding hydrogens is 316 g/mol. The van der Waals surface area contributed by atoms with E-state index < -0.39 is 17.9 Å². The van der Waals surface area contributed by atoms with Crippen molar-refractivity contribution in [3.8, 4) is 11.1 Å². The number of rotatable bonds is 4. The number of hydrogen-bond acceptors (Lipinski definition) is 3. The number of carbonyl (C=O) groups excluding carboxylic acids is 2. The summed E-state index contributed by atoms with van der Waals surface area (Å²) >= 11 is 0. The fourth-order valence-electron chi connectivity index (χ4n) is 2.99. The Morgan fingerprint density at radius 1 is 1.08 bits per heavy atom. The van der Waals surface area contributed by atoms with Crippen molar-refractivity contribution in [3.05, 3.63) is 72.4 Å². The third-order valence-electron chi connectivity index (χ3n) is 4.19. The molecule has 1 aliphatic rings. The smallest absolute Gasteiger partial charge is 0.319 e. The van der Waals surface area contributed by atoms with Crippen LogP contribution in [0.1, 0.15) is 18.5 Å². The van der Waals surface area contributed by atoms with Crippen LogP contribution in [0.5, 0.6) is 0 Å². The SMILES string of the molecule is C=C1NC(=O)N[C@H](c2ccc(-c3ccccc3)cc2)[C@H]1C(=O)OCC. The lowest BCUT2D eigenvalue weighted by atomic mass is 9.88. The van der Waals surface area contributed by atoms with Gasteiger partial charge in [-0.1, -0.05) is 61.2 Å². The molecule has 3 rings (SSSR count). The first-order chi connectivity index (χ1) is 12.1. The molecule has 2 N–H and O–H groups in total. The van der Waals surface area contributed by atoms with Crippen LogP contribution in [-0.2, 0) is 9.53 Å². The maximum Gasteiger partial charge on any atom is 0.319 e. The lowest BCUT2D eigenvalue weighted by molar-refractivity contribution is -0.147. The molecule has 1 fully saturated rings. The predicted molar refractivity (Wildman–Crippen MR) is 95.5 cm³/mol. The molecular formula is C20H20N2O3. The van der Waals surface area contributed by atoms with Gasteiger partial charge in [0.25, 0.3) is 0 Å². The van der Waals surface area contributed by atoms with Crippen LogP contribution in [0.4, 0.5) is 4.79 Å². The van der Waals surface area contributed by atoms with Crippen molar-refractivity contribution in [3.63, 3.8) is 0 Å². The van der Waals surface area contributed by atoms with Gasteiger partial charge >= 0.3 is 12.0 Å². The summed E-state index contributed by atoms with van der Waals surface area (Å²) in [5.41, 5.74) is 3.35. The van der Waals surface area contributed by atoms with E-state index in [1.165, 1.54) is 0 Å². The summed E-state index contributed by atoms with van der Waals surface area (Å²) in [5.74, 6) is -1.07. The van der Waals surface area contributed by atoms with Gasteiger partial charge in [0.1, 0.15) is 5.92 Å². The molecule has 0 unspecified atom stereocenters. The first kappa shape index (κ1) is 16.8. The zero-order valence-corrected chi connectivity index (χ0v) is 14.0. The molecule has 128 valence electrons. The average Bonchev–Trinajstić information content (AvgIpc) is 2.62. The van der Waals surface area contributed by atoms with Gasteiger partial charge in [0.05, 0.1) is 12.6 Å². The van der Waals surface area contributed by atoms with Crippen molar-refractivity contribution in [1.29, 1.82) is 0 Å². The Balaban J connectivity index is 1.90. The lowest BCUT2D eigenvalue weighted by Crippen LogP contribution is -2.51. The molecule has 0 saturated carbocycles. The van der Waals surface area contributed by atoms with Gasteiger partial charge in [-0.2, -0.15) is 0 Å². The maximum absolute atomic E-state index is 12.3. The van der Waals surface area contributed by atoms with E-state index in [2.05, 4.69) is 17.2 Å². The molecule has 5 heteroatoms. The molecule has 25 heavy (non-hydrogen) atoms. The normalized spacial score (nSPS) is 19.7. The summed E-state index contributed by atoms with van der Waals surface area (Å²) in [7, 11) is 0. The summed E-state index contributed by atoms with van der Waals surface area (Å²) in [4.78, 5) is 24.1. The minimum Gasteiger partial charge on any atom is -0.465 e. The fourth-order valence-corrected chi connectivity index (χ4v) is 2.99. The van der Waals surface area contributed by atoms with Gasteiger partial charge in [-0.3, -0.25) is 4.79 Å². The number of hydrogen-bond donors (Lipinski definition) is 2. The van der Waals surface area contributed by atoms with Gasteiger partial charge in [0.2, 0.25) is 0 Å². The van der Waals surface area contributed by atoms with E-state index in [0.717, 1.165) is 16.7 Å². The first-order valence-corrected chi connectivity index (χ1v) is 8.18. The zero-order valence-electron chi connectivity index (χ0n) is 14.0. The zero-order chi connectivity index (χ0) is 17.8. The highest BCUT2D eigenvalue weighted by molar-refractivity contribution is 5.85. The number of amides is 2. The van der Waals surface area contributed by atoms with E-state index in [0.29, 0.717) is 5.70 Å². The summed E-state index contributed by atoms with van der Waals surface area (Å²) in [6.45, 7) is 5.84. The van der Waals surface area contributed by atoms with Crippen molar-refractivity contribution in [2.75, 3.05) is 6.61 Å². The maximum atomic E-state index is 12.3. The number of esters is 1. The highest BCUT2D eigenvalue weighted by atomic mass is 16.5. The van der Waals surface area contributed by atoms with E-state index in [1.807, 2.05) is 54.6 Å². The second-order valence-corrected chi connectivity index (χ2v) is 5.82. The Labute approximate surface area is 146 Å². The molecule has 0 radical (unpaired) electrons. The van der Waals surface area contributed by atoms with Crippen molar-refractivity contribution in [1.82, 2.24) is 10.6 Å². The molecule has 0 spiro atoms. The average molecular weight is 336 g/mol. The minimum absolute atomic E-state index is 0.274. The molecule has 2 aromatic carbocycles. The van der Waals surface area contributed by atoms with E-state index in [-0.39, 0.29) is 12.6 Å². The van der Waals surface area contributed by atoms with Crippen molar-refractivity contribution in [2.45, 2.75) is 13.0 Å². The van der Waals surface area contributed by atoms with Gasteiger partial charge < -0.3 is 15.4 Å². The Morgan fingerprint density at radius 2 is 1.72 bits per heavy atom. The molecule has 0 aliphatic carbocycles. The quantitative estimate of drug-likeness (QED) is 0.841. The van der Waals surface area contributed by atoms with Crippen molar-refractivity contribution in [2.24, 2.45) is 5.92 Å². The van der Waals surface area contributed by atoms with Gasteiger partial charge in [-0.05, 0) is 23.6 Å². The van der Waals surface area contributed by atoms with Crippen LogP contribution in [0.15, 0.2) is 66.9 Å². The molecule has 5 nitrogen and oxygen atoms in total. The third kappa shape index (κ3) is 3.55. The highest BCUT2D eigenvalue weighted by Crippen LogP contribution is 2.31. The largest absolute Gasteiger partial charge is 0.465 e. The predicted octanol–water partition coefficient (Wildman–Crippen LogP) is 3.40. The van der Waals surface area contributed by atoms with E-state index in [9.17, 15) is 9.59 Å². The van der Waals surface area contributed by atoms with Gasteiger partial charge in [0.15, 0.2) is 0 Å². The molecule has 0 bridgehead atoms. The summed E-state index contributed by atoms with van der Waals surface area (Å²) in [6, 6.07) is 16.9. The number of benzene rings is 2. The van der Waals surface area contributed by atoms with E-state index in [4.69, 9.17) is 4.74 Å². The molecule has 0 aromatic heterocycles. The third-order valence-corrected chi connectivity index (χ3v) is 4.19. The van der Waals surface area contributed by atoms with Crippen LogP contribution >= 0.6 is 0 Å². The van der Waals surface area contributed by atoms with Crippen molar-refractivity contribution >= 4 is 12.0 Å². The summed E-state index contributed by atoms with van der Waals surface area (Å²) < 4.78 is 5.14. The molecule has 2 aromatic rings. The topological polar surface area (TPSA) is 67.4 Å². The fraction of sp³-hybridized carbons (Fsp3) is 0.200. The monoisotopic (exact) mass is 336 g/mol. The Kier molecular flexibility index (Phi) is 4.84. The summed E-state index contributed by atoms with van der Waals surface area (Å²) in [6.07, 6.45) is 0. The lowest BCUT2D eigenvalue weighted by Gasteiger charge is -2.33. The van der Waals surface area contributed by atoms with Crippen LogP contribution < -0.4 is 10.6 Å². The van der Waals surface area contributed by atoms with Crippen LogP contribution in [-0.4, -0.2) is 18.6 Å². The number of urea groups is 1. The van der Waals surface area contributed by atoms with Crippen molar-refractivity contribution < 1.29 is 14.3 Å². The van der Waals surface area contributed by atoms with E-state index in [1.54, 1.807) is 6.92 Å². The second-order valence-electron chi connectivity index (χ2n) is 5.82. The van der Waals surface area contributed by atoms with Gasteiger partial charge in [0, 0.05) is 5.70 Å². The molecule has 1 heterocycles. The van der Waals surface area contributed by atoms with Crippen LogP contribution in [0.3, 0.4) is 0 Å². The summed E-state index contributed by atoms with van der Waals surface area (Å²) in [5, 5.41) is 5.36. The number of carbonyl (C=O) groups is 2. The van der Waals surface area contributed by atoms with Crippen LogP contribution in [0.2, 0.25) is 0 Å². The Bertz CT molecular complexity index is 784.